The molecule has 0 amide bonds. The van der Waals surface area contributed by atoms with E-state index in [1.807, 2.05) is 0 Å². The molecule has 18 heavy (non-hydrogen) atoms. The van der Waals surface area contributed by atoms with Gasteiger partial charge in [-0.2, -0.15) is 0 Å². The van der Waals surface area contributed by atoms with E-state index in [0.29, 0.717) is 12.6 Å². The molecule has 1 rings (SSSR count). The van der Waals surface area contributed by atoms with E-state index < -0.39 is 0 Å². The highest BCUT2D eigenvalue weighted by molar-refractivity contribution is 5.81. The molecule has 0 aromatic rings. The van der Waals surface area contributed by atoms with Crippen LogP contribution in [0.1, 0.15) is 48.0 Å². The Kier molecular flexibility index (Phi) is 4.28. The lowest BCUT2D eigenvalue weighted by atomic mass is 9.92. The smallest absolute Gasteiger partial charge is 0.153 e. The molecule has 1 heterocycles. The third kappa shape index (κ3) is 3.36. The van der Waals surface area contributed by atoms with E-state index in [9.17, 15) is 0 Å². The summed E-state index contributed by atoms with van der Waals surface area (Å²) in [5, 5.41) is 11.8. The van der Waals surface area contributed by atoms with Crippen LogP contribution in [-0.4, -0.2) is 45.8 Å². The summed E-state index contributed by atoms with van der Waals surface area (Å²) in [6.07, 6.45) is 0.941. The second-order valence-electron chi connectivity index (χ2n) is 6.54. The van der Waals surface area contributed by atoms with Crippen LogP contribution in [0.4, 0.5) is 0 Å². The van der Waals surface area contributed by atoms with Gasteiger partial charge in [0.25, 0.3) is 0 Å². The van der Waals surface area contributed by atoms with Crippen molar-refractivity contribution >= 4 is 5.84 Å². The quantitative estimate of drug-likeness (QED) is 0.348. The number of amidine groups is 1. The molecule has 1 unspecified atom stereocenters. The molecular formula is C13H27N3O2. The zero-order valence-corrected chi connectivity index (χ0v) is 12.4. The SMILES string of the molecule is CC(C)N(CC(N)=NO)C1CC(C)(C)OC1(C)C. The number of oxime groups is 1. The Hall–Kier alpha value is -0.810. The van der Waals surface area contributed by atoms with Crippen LogP contribution in [0.3, 0.4) is 0 Å². The molecule has 1 aliphatic heterocycles. The van der Waals surface area contributed by atoms with Gasteiger partial charge in [-0.3, -0.25) is 4.90 Å². The lowest BCUT2D eigenvalue weighted by molar-refractivity contribution is -0.0817. The van der Waals surface area contributed by atoms with Gasteiger partial charge in [0.2, 0.25) is 0 Å². The summed E-state index contributed by atoms with van der Waals surface area (Å²) >= 11 is 0. The van der Waals surface area contributed by atoms with Crippen molar-refractivity contribution < 1.29 is 9.94 Å². The summed E-state index contributed by atoms with van der Waals surface area (Å²) in [5.41, 5.74) is 5.29. The van der Waals surface area contributed by atoms with Gasteiger partial charge in [-0.05, 0) is 48.0 Å². The van der Waals surface area contributed by atoms with Gasteiger partial charge in [0.05, 0.1) is 17.7 Å². The highest BCUT2D eigenvalue weighted by Gasteiger charge is 2.48. The molecule has 3 N–H and O–H groups in total. The lowest BCUT2D eigenvalue weighted by Gasteiger charge is -2.38. The summed E-state index contributed by atoms with van der Waals surface area (Å²) in [7, 11) is 0. The van der Waals surface area contributed by atoms with Gasteiger partial charge in [0, 0.05) is 12.1 Å². The minimum Gasteiger partial charge on any atom is -0.409 e. The Morgan fingerprint density at radius 1 is 1.44 bits per heavy atom. The maximum atomic E-state index is 8.75. The molecular weight excluding hydrogens is 230 g/mol. The van der Waals surface area contributed by atoms with Gasteiger partial charge in [-0.25, -0.2) is 0 Å². The van der Waals surface area contributed by atoms with Crippen LogP contribution in [0, 0.1) is 0 Å². The van der Waals surface area contributed by atoms with Crippen molar-refractivity contribution in [1.82, 2.24) is 4.90 Å². The molecule has 1 fully saturated rings. The summed E-state index contributed by atoms with van der Waals surface area (Å²) in [4.78, 5) is 2.24. The van der Waals surface area contributed by atoms with E-state index in [4.69, 9.17) is 15.7 Å². The first-order valence-corrected chi connectivity index (χ1v) is 6.51. The van der Waals surface area contributed by atoms with Gasteiger partial charge >= 0.3 is 0 Å². The fourth-order valence-electron chi connectivity index (χ4n) is 2.92. The molecule has 1 atom stereocenters. The molecule has 5 nitrogen and oxygen atoms in total. The molecule has 0 spiro atoms. The van der Waals surface area contributed by atoms with Gasteiger partial charge in [-0.1, -0.05) is 5.16 Å². The standard InChI is InChI=1S/C13H27N3O2/c1-9(2)16(8-11(14)15-17)10-7-12(3,4)18-13(10,5)6/h9-10,17H,7-8H2,1-6H3,(H2,14,15). The maximum Gasteiger partial charge on any atom is 0.153 e. The molecule has 1 saturated heterocycles. The summed E-state index contributed by atoms with van der Waals surface area (Å²) < 4.78 is 6.11. The maximum absolute atomic E-state index is 8.75. The van der Waals surface area contributed by atoms with E-state index in [-0.39, 0.29) is 23.1 Å². The van der Waals surface area contributed by atoms with Gasteiger partial charge in [0.1, 0.15) is 0 Å². The number of hydrogen-bond acceptors (Lipinski definition) is 4. The van der Waals surface area contributed by atoms with Gasteiger partial charge in [-0.15, -0.1) is 0 Å². The zero-order chi connectivity index (χ0) is 14.1. The van der Waals surface area contributed by atoms with Crippen LogP contribution in [0.15, 0.2) is 5.16 Å². The fraction of sp³-hybridized carbons (Fsp3) is 0.923. The highest BCUT2D eigenvalue weighted by Crippen LogP contribution is 2.40. The third-order valence-corrected chi connectivity index (χ3v) is 3.56. The van der Waals surface area contributed by atoms with E-state index in [1.165, 1.54) is 0 Å². The van der Waals surface area contributed by atoms with E-state index in [2.05, 4.69) is 51.6 Å². The molecule has 0 radical (unpaired) electrons. The Morgan fingerprint density at radius 3 is 2.33 bits per heavy atom. The first-order valence-electron chi connectivity index (χ1n) is 6.51. The van der Waals surface area contributed by atoms with Gasteiger partial charge in [0.15, 0.2) is 5.84 Å². The summed E-state index contributed by atoms with van der Waals surface area (Å²) in [5.74, 6) is 0.240. The molecule has 0 bridgehead atoms. The largest absolute Gasteiger partial charge is 0.409 e. The number of rotatable bonds is 4. The normalized spacial score (nSPS) is 27.1. The number of hydrogen-bond donors (Lipinski definition) is 2. The molecule has 0 saturated carbocycles. The van der Waals surface area contributed by atoms with Crippen LogP contribution in [0.25, 0.3) is 0 Å². The Bertz CT molecular complexity index is 324. The minimum atomic E-state index is -0.233. The first kappa shape index (κ1) is 15.2. The minimum absolute atomic E-state index is 0.133. The summed E-state index contributed by atoms with van der Waals surface area (Å²) in [6, 6.07) is 0.569. The molecule has 5 heteroatoms. The van der Waals surface area contributed by atoms with Crippen molar-refractivity contribution in [2.75, 3.05) is 6.54 Å². The monoisotopic (exact) mass is 257 g/mol. The van der Waals surface area contributed by atoms with Gasteiger partial charge < -0.3 is 15.7 Å². The average molecular weight is 257 g/mol. The van der Waals surface area contributed by atoms with E-state index >= 15 is 0 Å². The predicted molar refractivity (Wildman–Crippen MR) is 72.9 cm³/mol. The predicted octanol–water partition coefficient (Wildman–Crippen LogP) is 1.79. The third-order valence-electron chi connectivity index (χ3n) is 3.56. The molecule has 1 aliphatic rings. The molecule has 0 aromatic carbocycles. The van der Waals surface area contributed by atoms with Crippen molar-refractivity contribution in [3.05, 3.63) is 0 Å². The Morgan fingerprint density at radius 2 is 2.00 bits per heavy atom. The number of nitrogens with zero attached hydrogens (tertiary/aromatic N) is 2. The lowest BCUT2D eigenvalue weighted by Crippen LogP contribution is -2.52. The fourth-order valence-corrected chi connectivity index (χ4v) is 2.92. The van der Waals surface area contributed by atoms with Crippen LogP contribution >= 0.6 is 0 Å². The molecule has 0 aliphatic carbocycles. The Balaban J connectivity index is 2.93. The van der Waals surface area contributed by atoms with Crippen LogP contribution in [-0.2, 0) is 4.74 Å². The Labute approximate surface area is 110 Å². The van der Waals surface area contributed by atoms with Crippen molar-refractivity contribution in [2.45, 2.75) is 71.2 Å². The molecule has 106 valence electrons. The second kappa shape index (κ2) is 5.05. The van der Waals surface area contributed by atoms with Crippen LogP contribution in [0.5, 0.6) is 0 Å². The zero-order valence-electron chi connectivity index (χ0n) is 12.4. The summed E-state index contributed by atoms with van der Waals surface area (Å²) in [6.45, 7) is 13.1. The highest BCUT2D eigenvalue weighted by atomic mass is 16.5. The first-order chi connectivity index (χ1) is 8.09. The topological polar surface area (TPSA) is 71.1 Å². The van der Waals surface area contributed by atoms with Crippen molar-refractivity contribution in [1.29, 1.82) is 0 Å². The van der Waals surface area contributed by atoms with Crippen LogP contribution in [0.2, 0.25) is 0 Å². The molecule has 0 aromatic heterocycles. The van der Waals surface area contributed by atoms with E-state index in [0.717, 1.165) is 6.42 Å². The van der Waals surface area contributed by atoms with Crippen molar-refractivity contribution in [3.8, 4) is 0 Å². The number of nitrogens with two attached hydrogens (primary N) is 1. The number of ether oxygens (including phenoxy) is 1. The van der Waals surface area contributed by atoms with E-state index in [1.54, 1.807) is 0 Å². The average Bonchev–Trinajstić information content (AvgIpc) is 2.42. The van der Waals surface area contributed by atoms with Crippen molar-refractivity contribution in [3.63, 3.8) is 0 Å². The second-order valence-corrected chi connectivity index (χ2v) is 6.54. The van der Waals surface area contributed by atoms with Crippen molar-refractivity contribution in [2.24, 2.45) is 10.9 Å². The van der Waals surface area contributed by atoms with Crippen LogP contribution < -0.4 is 5.73 Å².